The van der Waals surface area contributed by atoms with Crippen LogP contribution in [0.15, 0.2) is 29.4 Å². The van der Waals surface area contributed by atoms with Gasteiger partial charge < -0.3 is 19.8 Å². The normalized spacial score (nSPS) is 15.5. The third-order valence-corrected chi connectivity index (χ3v) is 6.62. The van der Waals surface area contributed by atoms with Crippen molar-refractivity contribution in [2.45, 2.75) is 18.2 Å². The minimum absolute atomic E-state index is 0.166. The molecule has 4 rings (SSSR count). The van der Waals surface area contributed by atoms with Crippen LogP contribution in [0, 0.1) is 0 Å². The zero-order valence-corrected chi connectivity index (χ0v) is 17.0. The molecular weight excluding hydrogens is 396 g/mol. The monoisotopic (exact) mass is 418 g/mol. The molecule has 0 unspecified atom stereocenters. The zero-order valence-electron chi connectivity index (χ0n) is 16.2. The second-order valence-corrected chi connectivity index (χ2v) is 8.39. The summed E-state index contributed by atoms with van der Waals surface area (Å²) in [5.74, 6) is 0.742. The van der Waals surface area contributed by atoms with Gasteiger partial charge in [0.15, 0.2) is 5.65 Å². The molecule has 0 atom stereocenters. The predicted octanol–water partition coefficient (Wildman–Crippen LogP) is 1.69. The highest BCUT2D eigenvalue weighted by atomic mass is 32.2. The molecule has 29 heavy (non-hydrogen) atoms. The van der Waals surface area contributed by atoms with Gasteiger partial charge in [-0.1, -0.05) is 6.92 Å². The Hall–Kier alpha value is -2.76. The Labute approximate surface area is 168 Å². The summed E-state index contributed by atoms with van der Waals surface area (Å²) in [5, 5.41) is 3.11. The van der Waals surface area contributed by atoms with Crippen molar-refractivity contribution in [3.05, 3.63) is 30.2 Å². The Balaban J connectivity index is 1.65. The van der Waals surface area contributed by atoms with Gasteiger partial charge in [0.2, 0.25) is 16.0 Å². The third kappa shape index (κ3) is 3.76. The number of ether oxygens (including phenoxy) is 2. The molecule has 2 N–H and O–H groups in total. The lowest BCUT2D eigenvalue weighted by Crippen LogP contribution is -2.40. The van der Waals surface area contributed by atoms with Gasteiger partial charge in [-0.05, 0) is 18.6 Å². The number of aromatic amines is 1. The number of rotatable bonds is 6. The quantitative estimate of drug-likeness (QED) is 0.620. The third-order valence-electron chi connectivity index (χ3n) is 4.72. The molecule has 1 aromatic carbocycles. The Morgan fingerprint density at radius 3 is 2.79 bits per heavy atom. The summed E-state index contributed by atoms with van der Waals surface area (Å²) < 4.78 is 37.8. The smallest absolute Gasteiger partial charge is 0.243 e. The van der Waals surface area contributed by atoms with E-state index in [9.17, 15) is 8.42 Å². The summed E-state index contributed by atoms with van der Waals surface area (Å²) in [4.78, 5) is 16.3. The van der Waals surface area contributed by atoms with Crippen LogP contribution < -0.4 is 10.1 Å². The van der Waals surface area contributed by atoms with Crippen molar-refractivity contribution in [2.75, 3.05) is 38.7 Å². The second kappa shape index (κ2) is 7.93. The second-order valence-electron chi connectivity index (χ2n) is 6.45. The fourth-order valence-electron chi connectivity index (χ4n) is 3.20. The number of imidazole rings is 1. The highest BCUT2D eigenvalue weighted by Crippen LogP contribution is 2.31. The number of hydrogen-bond donors (Lipinski definition) is 2. The molecule has 0 spiro atoms. The maximum Gasteiger partial charge on any atom is 0.243 e. The number of benzene rings is 1. The summed E-state index contributed by atoms with van der Waals surface area (Å²) in [5.41, 5.74) is 2.76. The summed E-state index contributed by atoms with van der Waals surface area (Å²) in [6.07, 6.45) is 2.29. The van der Waals surface area contributed by atoms with E-state index < -0.39 is 10.0 Å². The van der Waals surface area contributed by atoms with Gasteiger partial charge >= 0.3 is 0 Å². The van der Waals surface area contributed by atoms with E-state index in [1.165, 1.54) is 17.5 Å². The molecule has 2 aromatic heterocycles. The molecule has 3 heterocycles. The van der Waals surface area contributed by atoms with Crippen LogP contribution in [0.2, 0.25) is 0 Å². The van der Waals surface area contributed by atoms with Gasteiger partial charge in [-0.15, -0.1) is 0 Å². The highest BCUT2D eigenvalue weighted by molar-refractivity contribution is 7.89. The van der Waals surface area contributed by atoms with Gasteiger partial charge in [-0.2, -0.15) is 9.29 Å². The minimum atomic E-state index is -3.62. The molecule has 0 bridgehead atoms. The number of aromatic nitrogens is 4. The molecule has 1 saturated heterocycles. The number of aryl methyl sites for hydroxylation is 1. The summed E-state index contributed by atoms with van der Waals surface area (Å²) in [7, 11) is -2.13. The molecule has 1 fully saturated rings. The highest BCUT2D eigenvalue weighted by Gasteiger charge is 2.27. The maximum absolute atomic E-state index is 12.9. The van der Waals surface area contributed by atoms with Crippen molar-refractivity contribution in [1.29, 1.82) is 0 Å². The van der Waals surface area contributed by atoms with Crippen molar-refractivity contribution in [3.8, 4) is 5.75 Å². The first-order chi connectivity index (χ1) is 14.0. The standard InChI is InChI=1S/C18H22N6O4S/c1-3-13-16-17(20-11-19-16)23-18(21-13)22-14-5-4-12(10-15(14)27-2)29(25,26)24-6-8-28-9-7-24/h4-5,10-11H,3,6-9H2,1-2H3,(H2,19,20,21,22,23). The molecule has 3 aromatic rings. The van der Waals surface area contributed by atoms with E-state index >= 15 is 0 Å². The lowest BCUT2D eigenvalue weighted by molar-refractivity contribution is 0.0730. The number of sulfonamides is 1. The summed E-state index contributed by atoms with van der Waals surface area (Å²) in [6.45, 7) is 3.45. The Kier molecular flexibility index (Phi) is 5.35. The van der Waals surface area contributed by atoms with Crippen LogP contribution in [0.1, 0.15) is 12.6 Å². The Bertz CT molecular complexity index is 1120. The van der Waals surface area contributed by atoms with E-state index in [0.717, 1.165) is 11.2 Å². The average Bonchev–Trinajstić information content (AvgIpc) is 3.22. The number of methoxy groups -OCH3 is 1. The maximum atomic E-state index is 12.9. The molecule has 11 heteroatoms. The van der Waals surface area contributed by atoms with Crippen molar-refractivity contribution in [1.82, 2.24) is 24.2 Å². The Morgan fingerprint density at radius 1 is 1.28 bits per heavy atom. The predicted molar refractivity (Wildman–Crippen MR) is 107 cm³/mol. The van der Waals surface area contributed by atoms with Gasteiger partial charge in [0, 0.05) is 19.2 Å². The van der Waals surface area contributed by atoms with Gasteiger partial charge in [-0.3, -0.25) is 0 Å². The van der Waals surface area contributed by atoms with E-state index in [2.05, 4.69) is 25.3 Å². The molecule has 0 radical (unpaired) electrons. The topological polar surface area (TPSA) is 122 Å². The molecule has 0 aliphatic carbocycles. The first kappa shape index (κ1) is 19.6. The first-order valence-electron chi connectivity index (χ1n) is 9.26. The van der Waals surface area contributed by atoms with E-state index in [1.54, 1.807) is 18.5 Å². The van der Waals surface area contributed by atoms with Crippen LogP contribution in [-0.4, -0.2) is 66.1 Å². The van der Waals surface area contributed by atoms with Crippen molar-refractivity contribution >= 4 is 32.8 Å². The van der Waals surface area contributed by atoms with Crippen LogP contribution in [0.3, 0.4) is 0 Å². The van der Waals surface area contributed by atoms with Crippen LogP contribution >= 0.6 is 0 Å². The van der Waals surface area contributed by atoms with E-state index in [1.807, 2.05) is 6.92 Å². The van der Waals surface area contributed by atoms with Crippen molar-refractivity contribution in [3.63, 3.8) is 0 Å². The number of morpholine rings is 1. The van der Waals surface area contributed by atoms with Crippen LogP contribution in [0.5, 0.6) is 5.75 Å². The Morgan fingerprint density at radius 2 is 2.07 bits per heavy atom. The number of H-pyrrole nitrogens is 1. The van der Waals surface area contributed by atoms with E-state index in [-0.39, 0.29) is 4.90 Å². The number of nitrogens with one attached hydrogen (secondary N) is 2. The molecule has 1 aliphatic rings. The fourth-order valence-corrected chi connectivity index (χ4v) is 4.62. The number of nitrogens with zero attached hydrogens (tertiary/aromatic N) is 4. The summed E-state index contributed by atoms with van der Waals surface area (Å²) in [6, 6.07) is 4.69. The molecule has 0 saturated carbocycles. The minimum Gasteiger partial charge on any atom is -0.495 e. The van der Waals surface area contributed by atoms with Crippen molar-refractivity contribution < 1.29 is 17.9 Å². The average molecular weight is 418 g/mol. The van der Waals surface area contributed by atoms with Gasteiger partial charge in [0.25, 0.3) is 0 Å². The lowest BCUT2D eigenvalue weighted by Gasteiger charge is -2.26. The first-order valence-corrected chi connectivity index (χ1v) is 10.7. The van der Waals surface area contributed by atoms with Crippen LogP contribution in [0.4, 0.5) is 11.6 Å². The molecular formula is C18H22N6O4S. The lowest BCUT2D eigenvalue weighted by atomic mass is 10.3. The van der Waals surface area contributed by atoms with Gasteiger partial charge in [-0.25, -0.2) is 18.4 Å². The number of anilines is 2. The zero-order chi connectivity index (χ0) is 20.4. The largest absolute Gasteiger partial charge is 0.495 e. The molecule has 10 nitrogen and oxygen atoms in total. The SMILES string of the molecule is CCc1nc(Nc2ccc(S(=O)(=O)N3CCOCC3)cc2OC)nc2nc[nH]c12. The van der Waals surface area contributed by atoms with Crippen LogP contribution in [-0.2, 0) is 21.2 Å². The fraction of sp³-hybridized carbons (Fsp3) is 0.389. The van der Waals surface area contributed by atoms with Gasteiger partial charge in [0.05, 0.1) is 42.9 Å². The summed E-state index contributed by atoms with van der Waals surface area (Å²) >= 11 is 0. The van der Waals surface area contributed by atoms with E-state index in [4.69, 9.17) is 9.47 Å². The molecule has 0 amide bonds. The van der Waals surface area contributed by atoms with E-state index in [0.29, 0.717) is 55.8 Å². The molecule has 1 aliphatic heterocycles. The van der Waals surface area contributed by atoms with Crippen molar-refractivity contribution in [2.24, 2.45) is 0 Å². The molecule has 154 valence electrons. The number of hydrogen-bond acceptors (Lipinski definition) is 8. The number of fused-ring (bicyclic) bond motifs is 1. The van der Waals surface area contributed by atoms with Gasteiger partial charge in [0.1, 0.15) is 11.3 Å². The van der Waals surface area contributed by atoms with Crippen LogP contribution in [0.25, 0.3) is 11.2 Å².